The summed E-state index contributed by atoms with van der Waals surface area (Å²) in [5.74, 6) is 0.343. The van der Waals surface area contributed by atoms with Gasteiger partial charge in [0.2, 0.25) is 0 Å². The molecule has 0 aliphatic carbocycles. The van der Waals surface area contributed by atoms with Crippen LogP contribution in [0.5, 0.6) is 5.75 Å². The number of aryl methyl sites for hydroxylation is 1. The van der Waals surface area contributed by atoms with Crippen molar-refractivity contribution in [3.05, 3.63) is 42.0 Å². The van der Waals surface area contributed by atoms with Crippen molar-refractivity contribution in [1.29, 1.82) is 0 Å². The molecular formula is C13H12FN3O2S. The molecule has 0 spiro atoms. The number of nitrogens with zero attached hydrogens (tertiary/aromatic N) is 2. The highest BCUT2D eigenvalue weighted by Gasteiger charge is 2.18. The van der Waals surface area contributed by atoms with E-state index in [2.05, 4.69) is 14.7 Å². The summed E-state index contributed by atoms with van der Waals surface area (Å²) in [5.41, 5.74) is 1.12. The Hall–Kier alpha value is -1.86. The van der Waals surface area contributed by atoms with E-state index in [4.69, 9.17) is 4.74 Å². The zero-order chi connectivity index (χ0) is 13.9. The number of halogens is 1. The predicted octanol–water partition coefficient (Wildman–Crippen LogP) is 2.08. The molecule has 104 valence electrons. The minimum Gasteiger partial charge on any atom is -0.588 e. The quantitative estimate of drug-likeness (QED) is 0.877. The van der Waals surface area contributed by atoms with Crippen molar-refractivity contribution in [3.63, 3.8) is 0 Å². The Labute approximate surface area is 118 Å². The second-order valence-corrected chi connectivity index (χ2v) is 5.53. The van der Waals surface area contributed by atoms with Gasteiger partial charge in [0.15, 0.2) is 10.7 Å². The summed E-state index contributed by atoms with van der Waals surface area (Å²) in [5, 5.41) is 0. The predicted molar refractivity (Wildman–Crippen MR) is 72.3 cm³/mol. The van der Waals surface area contributed by atoms with E-state index in [1.54, 1.807) is 12.1 Å². The summed E-state index contributed by atoms with van der Waals surface area (Å²) in [6.45, 7) is 0.678. The molecule has 2 heterocycles. The van der Waals surface area contributed by atoms with Crippen molar-refractivity contribution in [3.8, 4) is 5.75 Å². The molecule has 0 bridgehead atoms. The lowest BCUT2D eigenvalue weighted by Crippen LogP contribution is -2.16. The van der Waals surface area contributed by atoms with E-state index in [9.17, 15) is 8.94 Å². The smallest absolute Gasteiger partial charge is 0.265 e. The normalized spacial score (nSPS) is 15.1. The molecule has 5 nitrogen and oxygen atoms in total. The maximum absolute atomic E-state index is 12.7. The van der Waals surface area contributed by atoms with Gasteiger partial charge in [-0.05, 0) is 24.5 Å². The number of nitrogens with one attached hydrogen (secondary N) is 1. The Bertz CT molecular complexity index is 609. The molecule has 1 unspecified atom stereocenters. The third-order valence-corrected chi connectivity index (χ3v) is 3.96. The lowest BCUT2D eigenvalue weighted by Gasteiger charge is -2.18. The van der Waals surface area contributed by atoms with Crippen LogP contribution in [-0.2, 0) is 17.8 Å². The number of fused-ring (bicyclic) bond motifs is 1. The molecule has 3 rings (SSSR count). The monoisotopic (exact) mass is 293 g/mol. The van der Waals surface area contributed by atoms with Crippen LogP contribution < -0.4 is 9.46 Å². The summed E-state index contributed by atoms with van der Waals surface area (Å²) in [6.07, 6.45) is 4.00. The molecule has 20 heavy (non-hydrogen) atoms. The van der Waals surface area contributed by atoms with Gasteiger partial charge in [-0.3, -0.25) is 0 Å². The Balaban J connectivity index is 1.76. The van der Waals surface area contributed by atoms with E-state index >= 15 is 0 Å². The van der Waals surface area contributed by atoms with Crippen molar-refractivity contribution in [2.24, 2.45) is 0 Å². The highest BCUT2D eigenvalue weighted by Crippen LogP contribution is 2.28. The zero-order valence-corrected chi connectivity index (χ0v) is 11.3. The van der Waals surface area contributed by atoms with E-state index < -0.39 is 17.2 Å². The van der Waals surface area contributed by atoms with Crippen LogP contribution in [0.2, 0.25) is 0 Å². The van der Waals surface area contributed by atoms with Gasteiger partial charge in [-0.1, -0.05) is 6.07 Å². The third kappa shape index (κ3) is 2.83. The van der Waals surface area contributed by atoms with Crippen molar-refractivity contribution < 1.29 is 13.7 Å². The Morgan fingerprint density at radius 2 is 2.10 bits per heavy atom. The SMILES string of the molecule is [O-][S+](Nc1ncc(F)cn1)c1ccc2c(c1)OCCC2. The fraction of sp³-hybridized carbons (Fsp3) is 0.231. The molecule has 0 amide bonds. The molecular weight excluding hydrogens is 281 g/mol. The van der Waals surface area contributed by atoms with Gasteiger partial charge < -0.3 is 9.29 Å². The summed E-state index contributed by atoms with van der Waals surface area (Å²) in [6, 6.07) is 5.44. The fourth-order valence-corrected chi connectivity index (χ4v) is 2.74. The fourth-order valence-electron chi connectivity index (χ4n) is 1.94. The van der Waals surface area contributed by atoms with Crippen LogP contribution in [0.15, 0.2) is 35.5 Å². The van der Waals surface area contributed by atoms with Gasteiger partial charge in [0.05, 0.1) is 19.0 Å². The molecule has 1 aromatic carbocycles. The molecule has 1 N–H and O–H groups in total. The number of aromatic nitrogens is 2. The average Bonchev–Trinajstić information content (AvgIpc) is 2.49. The lowest BCUT2D eigenvalue weighted by molar-refractivity contribution is 0.287. The van der Waals surface area contributed by atoms with E-state index in [1.165, 1.54) is 0 Å². The van der Waals surface area contributed by atoms with Gasteiger partial charge in [0.1, 0.15) is 17.1 Å². The summed E-state index contributed by atoms with van der Waals surface area (Å²) in [7, 11) is 0. The number of hydrogen-bond donors (Lipinski definition) is 1. The van der Waals surface area contributed by atoms with Gasteiger partial charge in [-0.25, -0.2) is 14.4 Å². The average molecular weight is 293 g/mol. The molecule has 2 aromatic rings. The number of anilines is 1. The molecule has 1 aliphatic rings. The van der Waals surface area contributed by atoms with Crippen LogP contribution in [0.3, 0.4) is 0 Å². The third-order valence-electron chi connectivity index (χ3n) is 2.91. The van der Waals surface area contributed by atoms with Crippen LogP contribution in [0.1, 0.15) is 12.0 Å². The maximum atomic E-state index is 12.7. The Morgan fingerprint density at radius 1 is 1.30 bits per heavy atom. The minimum absolute atomic E-state index is 0.114. The largest absolute Gasteiger partial charge is 0.588 e. The van der Waals surface area contributed by atoms with Gasteiger partial charge in [-0.15, -0.1) is 0 Å². The van der Waals surface area contributed by atoms with Gasteiger partial charge in [0.25, 0.3) is 5.95 Å². The Kier molecular flexibility index (Phi) is 3.70. The Morgan fingerprint density at radius 3 is 2.90 bits per heavy atom. The van der Waals surface area contributed by atoms with Gasteiger partial charge in [-0.2, -0.15) is 4.72 Å². The summed E-state index contributed by atoms with van der Waals surface area (Å²) in [4.78, 5) is 7.99. The van der Waals surface area contributed by atoms with Crippen LogP contribution in [0.4, 0.5) is 10.3 Å². The zero-order valence-electron chi connectivity index (χ0n) is 10.5. The van der Waals surface area contributed by atoms with Crippen molar-refractivity contribution in [2.45, 2.75) is 17.7 Å². The van der Waals surface area contributed by atoms with Crippen LogP contribution in [0.25, 0.3) is 0 Å². The first-order valence-electron chi connectivity index (χ1n) is 6.14. The maximum Gasteiger partial charge on any atom is 0.265 e. The van der Waals surface area contributed by atoms with E-state index in [0.717, 1.165) is 36.5 Å². The second-order valence-electron chi connectivity index (χ2n) is 4.32. The highest BCUT2D eigenvalue weighted by molar-refractivity contribution is 7.92. The first-order chi connectivity index (χ1) is 9.72. The molecule has 1 aliphatic heterocycles. The highest BCUT2D eigenvalue weighted by atomic mass is 32.2. The second kappa shape index (κ2) is 5.64. The van der Waals surface area contributed by atoms with Crippen LogP contribution in [-0.4, -0.2) is 21.1 Å². The van der Waals surface area contributed by atoms with E-state index in [1.807, 2.05) is 6.07 Å². The number of rotatable bonds is 3. The number of benzene rings is 1. The minimum atomic E-state index is -1.52. The van der Waals surface area contributed by atoms with Gasteiger partial charge in [0, 0.05) is 6.07 Å². The summed E-state index contributed by atoms with van der Waals surface area (Å²) < 4.78 is 33.0. The molecule has 1 atom stereocenters. The molecule has 1 aromatic heterocycles. The lowest BCUT2D eigenvalue weighted by atomic mass is 10.1. The number of hydrogen-bond acceptors (Lipinski definition) is 5. The van der Waals surface area contributed by atoms with Crippen molar-refractivity contribution >= 4 is 17.3 Å². The first kappa shape index (κ1) is 13.1. The van der Waals surface area contributed by atoms with Crippen molar-refractivity contribution in [2.75, 3.05) is 11.3 Å². The topological polar surface area (TPSA) is 70.1 Å². The summed E-state index contributed by atoms with van der Waals surface area (Å²) >= 11 is -1.52. The first-order valence-corrected chi connectivity index (χ1v) is 7.29. The van der Waals surface area contributed by atoms with Gasteiger partial charge >= 0.3 is 0 Å². The van der Waals surface area contributed by atoms with E-state index in [-0.39, 0.29) is 5.95 Å². The molecule has 0 fully saturated rings. The number of ether oxygens (including phenoxy) is 1. The van der Waals surface area contributed by atoms with Crippen LogP contribution >= 0.6 is 0 Å². The van der Waals surface area contributed by atoms with E-state index in [0.29, 0.717) is 11.5 Å². The molecule has 7 heteroatoms. The van der Waals surface area contributed by atoms with Crippen molar-refractivity contribution in [1.82, 2.24) is 9.97 Å². The van der Waals surface area contributed by atoms with Crippen LogP contribution in [0, 0.1) is 5.82 Å². The molecule has 0 saturated heterocycles. The molecule has 0 saturated carbocycles. The molecule has 0 radical (unpaired) electrons. The standard InChI is InChI=1S/C13H12FN3O2S/c14-10-7-15-13(16-8-10)17-20(18)11-4-3-9-2-1-5-19-12(9)6-11/h3-4,6-8H,1-2,5H2,(H,15,16,17).